The van der Waals surface area contributed by atoms with Crippen LogP contribution in [0.25, 0.3) is 0 Å². The lowest BCUT2D eigenvalue weighted by atomic mass is 10.1. The lowest BCUT2D eigenvalue weighted by molar-refractivity contribution is -0.113. The van der Waals surface area contributed by atoms with Gasteiger partial charge in [-0.2, -0.15) is 0 Å². The van der Waals surface area contributed by atoms with E-state index in [1.54, 1.807) is 0 Å². The summed E-state index contributed by atoms with van der Waals surface area (Å²) in [6.45, 7) is 4.16. The van der Waals surface area contributed by atoms with Crippen molar-refractivity contribution in [2.75, 3.05) is 35.4 Å². The fourth-order valence-corrected chi connectivity index (χ4v) is 4.00. The number of benzene rings is 2. The molecule has 0 saturated heterocycles. The maximum Gasteiger partial charge on any atom is 0.234 e. The number of rotatable bonds is 7. The number of hydrogen-bond donors (Lipinski definition) is 2. The fourth-order valence-electron chi connectivity index (χ4n) is 2.43. The molecule has 3 rings (SSSR count). The summed E-state index contributed by atoms with van der Waals surface area (Å²) in [5, 5.41) is 15.2. The number of nitrogens with zero attached hydrogens (tertiary/aromatic N) is 3. The maximum absolute atomic E-state index is 12.2. The number of hydrogen-bond acceptors (Lipinski definition) is 7. The summed E-state index contributed by atoms with van der Waals surface area (Å²) in [7, 11) is 3.96. The quantitative estimate of drug-likeness (QED) is 0.548. The third kappa shape index (κ3) is 5.46. The van der Waals surface area contributed by atoms with Gasteiger partial charge in [-0.25, -0.2) is 0 Å². The summed E-state index contributed by atoms with van der Waals surface area (Å²) in [5.41, 5.74) is 5.33. The van der Waals surface area contributed by atoms with Gasteiger partial charge in [0.15, 0.2) is 4.34 Å². The number of amides is 1. The number of aryl methyl sites for hydroxylation is 2. The molecule has 8 heteroatoms. The van der Waals surface area contributed by atoms with Gasteiger partial charge in [-0.15, -0.1) is 10.2 Å². The van der Waals surface area contributed by atoms with Crippen LogP contribution >= 0.6 is 23.1 Å². The van der Waals surface area contributed by atoms with Crippen molar-refractivity contribution in [2.45, 2.75) is 18.2 Å². The van der Waals surface area contributed by atoms with E-state index in [0.29, 0.717) is 5.13 Å². The highest BCUT2D eigenvalue weighted by molar-refractivity contribution is 8.01. The van der Waals surface area contributed by atoms with Crippen LogP contribution in [0.3, 0.4) is 0 Å². The largest absolute Gasteiger partial charge is 0.378 e. The zero-order chi connectivity index (χ0) is 20.1. The average Bonchev–Trinajstić information content (AvgIpc) is 3.11. The summed E-state index contributed by atoms with van der Waals surface area (Å²) in [5.74, 6) is 0.217. The van der Waals surface area contributed by atoms with E-state index in [0.717, 1.165) is 21.4 Å². The Morgan fingerprint density at radius 1 is 1.04 bits per heavy atom. The van der Waals surface area contributed by atoms with Gasteiger partial charge in [0.1, 0.15) is 0 Å². The maximum atomic E-state index is 12.2. The molecule has 6 nitrogen and oxygen atoms in total. The van der Waals surface area contributed by atoms with E-state index in [-0.39, 0.29) is 11.7 Å². The van der Waals surface area contributed by atoms with Crippen molar-refractivity contribution in [1.82, 2.24) is 10.2 Å². The van der Waals surface area contributed by atoms with Gasteiger partial charge in [0.05, 0.1) is 5.75 Å². The molecule has 3 aromatic rings. The first-order valence-electron chi connectivity index (χ1n) is 8.78. The first kappa shape index (κ1) is 20.2. The van der Waals surface area contributed by atoms with Crippen LogP contribution in [-0.4, -0.2) is 36.0 Å². The van der Waals surface area contributed by atoms with Gasteiger partial charge in [-0.3, -0.25) is 4.79 Å². The summed E-state index contributed by atoms with van der Waals surface area (Å²) >= 11 is 2.81. The van der Waals surface area contributed by atoms with E-state index in [1.807, 2.05) is 49.3 Å². The van der Waals surface area contributed by atoms with Gasteiger partial charge in [0, 0.05) is 31.2 Å². The van der Waals surface area contributed by atoms with Crippen molar-refractivity contribution >= 4 is 51.2 Å². The van der Waals surface area contributed by atoms with Crippen LogP contribution in [0.1, 0.15) is 11.1 Å². The third-order valence-electron chi connectivity index (χ3n) is 4.16. The molecule has 0 radical (unpaired) electrons. The fraction of sp³-hybridized carbons (Fsp3) is 0.250. The highest BCUT2D eigenvalue weighted by Crippen LogP contribution is 2.28. The van der Waals surface area contributed by atoms with Crippen LogP contribution in [-0.2, 0) is 4.79 Å². The van der Waals surface area contributed by atoms with Gasteiger partial charge in [-0.05, 0) is 61.4 Å². The molecule has 0 aliphatic carbocycles. The molecule has 0 spiro atoms. The Morgan fingerprint density at radius 2 is 1.75 bits per heavy atom. The lowest BCUT2D eigenvalue weighted by Gasteiger charge is -2.12. The number of carbonyl (C=O) groups excluding carboxylic acids is 1. The van der Waals surface area contributed by atoms with Gasteiger partial charge < -0.3 is 15.5 Å². The number of thioether (sulfide) groups is 1. The molecule has 0 unspecified atom stereocenters. The number of aromatic nitrogens is 2. The standard InChI is InChI=1S/C20H23N5OS2/c1-13-5-6-16(11-14(13)2)22-19-23-24-20(28-19)27-12-18(26)21-15-7-9-17(10-8-15)25(3)4/h5-11H,12H2,1-4H3,(H,21,26)(H,22,23). The van der Waals surface area contributed by atoms with Crippen LogP contribution in [0.5, 0.6) is 0 Å². The normalized spacial score (nSPS) is 10.6. The lowest BCUT2D eigenvalue weighted by Crippen LogP contribution is -2.14. The van der Waals surface area contributed by atoms with E-state index >= 15 is 0 Å². The molecule has 28 heavy (non-hydrogen) atoms. The number of carbonyl (C=O) groups is 1. The Hall–Kier alpha value is -2.58. The third-order valence-corrected chi connectivity index (χ3v) is 6.13. The van der Waals surface area contributed by atoms with Crippen molar-refractivity contribution in [1.29, 1.82) is 0 Å². The molecular weight excluding hydrogens is 390 g/mol. The molecule has 2 aromatic carbocycles. The smallest absolute Gasteiger partial charge is 0.234 e. The Bertz CT molecular complexity index is 953. The van der Waals surface area contributed by atoms with Crippen molar-refractivity contribution in [3.05, 3.63) is 53.6 Å². The van der Waals surface area contributed by atoms with Gasteiger partial charge in [-0.1, -0.05) is 29.2 Å². The molecule has 0 bridgehead atoms. The monoisotopic (exact) mass is 413 g/mol. The molecule has 1 heterocycles. The van der Waals surface area contributed by atoms with Crippen LogP contribution < -0.4 is 15.5 Å². The number of nitrogens with one attached hydrogen (secondary N) is 2. The highest BCUT2D eigenvalue weighted by atomic mass is 32.2. The zero-order valence-electron chi connectivity index (χ0n) is 16.3. The SMILES string of the molecule is Cc1ccc(Nc2nnc(SCC(=O)Nc3ccc(N(C)C)cc3)s2)cc1C. The van der Waals surface area contributed by atoms with E-state index in [4.69, 9.17) is 0 Å². The van der Waals surface area contributed by atoms with E-state index in [2.05, 4.69) is 46.8 Å². The minimum Gasteiger partial charge on any atom is -0.378 e. The molecule has 1 amide bonds. The van der Waals surface area contributed by atoms with Crippen molar-refractivity contribution in [3.8, 4) is 0 Å². The van der Waals surface area contributed by atoms with E-state index < -0.39 is 0 Å². The number of anilines is 4. The second-order valence-corrected chi connectivity index (χ2v) is 8.78. The molecule has 146 valence electrons. The highest BCUT2D eigenvalue weighted by Gasteiger charge is 2.09. The van der Waals surface area contributed by atoms with Crippen LogP contribution in [0, 0.1) is 13.8 Å². The Balaban J connectivity index is 1.50. The summed E-state index contributed by atoms with van der Waals surface area (Å²) < 4.78 is 0.754. The second-order valence-electron chi connectivity index (χ2n) is 6.58. The predicted molar refractivity (Wildman–Crippen MR) is 119 cm³/mol. The molecule has 0 fully saturated rings. The van der Waals surface area contributed by atoms with Crippen LogP contribution in [0.4, 0.5) is 22.2 Å². The Labute approximate surface area is 173 Å². The first-order chi connectivity index (χ1) is 13.4. The molecule has 2 N–H and O–H groups in total. The molecule has 0 saturated carbocycles. The van der Waals surface area contributed by atoms with E-state index in [1.165, 1.54) is 34.2 Å². The topological polar surface area (TPSA) is 70.1 Å². The van der Waals surface area contributed by atoms with Gasteiger partial charge in [0.25, 0.3) is 0 Å². The molecule has 1 aromatic heterocycles. The molecular formula is C20H23N5OS2. The van der Waals surface area contributed by atoms with Crippen LogP contribution in [0.2, 0.25) is 0 Å². The Kier molecular flexibility index (Phi) is 6.53. The van der Waals surface area contributed by atoms with Crippen molar-refractivity contribution < 1.29 is 4.79 Å². The molecule has 0 aliphatic rings. The summed E-state index contributed by atoms with van der Waals surface area (Å²) in [6, 6.07) is 13.9. The van der Waals surface area contributed by atoms with Crippen molar-refractivity contribution in [2.24, 2.45) is 0 Å². The minimum absolute atomic E-state index is 0.0681. The minimum atomic E-state index is -0.0681. The zero-order valence-corrected chi connectivity index (χ0v) is 17.9. The van der Waals surface area contributed by atoms with Gasteiger partial charge >= 0.3 is 0 Å². The molecule has 0 aliphatic heterocycles. The molecule has 0 atom stereocenters. The second kappa shape index (κ2) is 9.07. The van der Waals surface area contributed by atoms with Crippen molar-refractivity contribution in [3.63, 3.8) is 0 Å². The summed E-state index contributed by atoms with van der Waals surface area (Å²) in [4.78, 5) is 14.2. The van der Waals surface area contributed by atoms with Gasteiger partial charge in [0.2, 0.25) is 11.0 Å². The Morgan fingerprint density at radius 3 is 2.43 bits per heavy atom. The average molecular weight is 414 g/mol. The van der Waals surface area contributed by atoms with Crippen LogP contribution in [0.15, 0.2) is 46.8 Å². The summed E-state index contributed by atoms with van der Waals surface area (Å²) in [6.07, 6.45) is 0. The first-order valence-corrected chi connectivity index (χ1v) is 10.6. The van der Waals surface area contributed by atoms with E-state index in [9.17, 15) is 4.79 Å². The predicted octanol–water partition coefficient (Wildman–Crippen LogP) is 4.70.